The molecule has 134 valence electrons. The Hall–Kier alpha value is -2.06. The first-order valence-electron chi connectivity index (χ1n) is 7.52. The molecular weight excluding hydrogens is 338 g/mol. The average Bonchev–Trinajstić information content (AvgIpc) is 2.54. The first kappa shape index (κ1) is 20.0. The minimum Gasteiger partial charge on any atom is -0.493 e. The molecule has 8 nitrogen and oxygen atoms in total. The average molecular weight is 360 g/mol. The molecule has 1 aromatic carbocycles. The van der Waals surface area contributed by atoms with Gasteiger partial charge in [0.25, 0.3) is 11.6 Å². The molecule has 0 aliphatic carbocycles. The lowest BCUT2D eigenvalue weighted by Crippen LogP contribution is -2.45. The second-order valence-corrected chi connectivity index (χ2v) is 5.36. The lowest BCUT2D eigenvalue weighted by Gasteiger charge is -2.30. The summed E-state index contributed by atoms with van der Waals surface area (Å²) >= 11 is 0. The minimum atomic E-state index is -0.584. The van der Waals surface area contributed by atoms with Crippen molar-refractivity contribution in [3.05, 3.63) is 27.8 Å². The lowest BCUT2D eigenvalue weighted by atomic mass is 10.0. The van der Waals surface area contributed by atoms with Crippen LogP contribution in [-0.4, -0.2) is 48.6 Å². The van der Waals surface area contributed by atoms with Crippen molar-refractivity contribution in [2.75, 3.05) is 26.8 Å². The molecule has 1 aliphatic rings. The first-order chi connectivity index (χ1) is 11.0. The molecule has 1 atom stereocenters. The second kappa shape index (κ2) is 8.70. The van der Waals surface area contributed by atoms with Crippen molar-refractivity contribution in [2.24, 2.45) is 5.73 Å². The summed E-state index contributed by atoms with van der Waals surface area (Å²) in [5.41, 5.74) is 5.58. The highest BCUT2D eigenvalue weighted by Crippen LogP contribution is 2.35. The van der Waals surface area contributed by atoms with Crippen molar-refractivity contribution in [1.82, 2.24) is 4.90 Å². The number of halogens is 1. The fourth-order valence-corrected chi connectivity index (χ4v) is 2.66. The van der Waals surface area contributed by atoms with E-state index in [1.54, 1.807) is 11.8 Å². The van der Waals surface area contributed by atoms with Crippen molar-refractivity contribution in [2.45, 2.75) is 25.8 Å². The predicted molar refractivity (Wildman–Crippen MR) is 91.2 cm³/mol. The third-order valence-corrected chi connectivity index (χ3v) is 3.75. The fraction of sp³-hybridized carbons (Fsp3) is 0.533. The summed E-state index contributed by atoms with van der Waals surface area (Å²) in [4.78, 5) is 25.0. The third kappa shape index (κ3) is 4.27. The van der Waals surface area contributed by atoms with E-state index in [2.05, 4.69) is 0 Å². The van der Waals surface area contributed by atoms with Crippen LogP contribution in [0.5, 0.6) is 11.5 Å². The van der Waals surface area contributed by atoms with E-state index in [9.17, 15) is 14.9 Å². The summed E-state index contributed by atoms with van der Waals surface area (Å²) in [5, 5.41) is 11.3. The van der Waals surface area contributed by atoms with Crippen molar-refractivity contribution < 1.29 is 19.2 Å². The van der Waals surface area contributed by atoms with E-state index >= 15 is 0 Å². The van der Waals surface area contributed by atoms with E-state index in [4.69, 9.17) is 15.2 Å². The molecule has 0 radical (unpaired) electrons. The molecule has 1 aliphatic heterocycles. The summed E-state index contributed by atoms with van der Waals surface area (Å²) in [6.07, 6.45) is 1.63. The molecule has 0 aromatic heterocycles. The van der Waals surface area contributed by atoms with Crippen LogP contribution in [0.25, 0.3) is 0 Å². The molecule has 0 spiro atoms. The topological polar surface area (TPSA) is 108 Å². The highest BCUT2D eigenvalue weighted by atomic mass is 35.5. The minimum absolute atomic E-state index is 0. The number of ether oxygens (including phenoxy) is 2. The van der Waals surface area contributed by atoms with Crippen LogP contribution >= 0.6 is 12.4 Å². The van der Waals surface area contributed by atoms with E-state index < -0.39 is 10.8 Å². The Morgan fingerprint density at radius 1 is 1.46 bits per heavy atom. The van der Waals surface area contributed by atoms with Crippen molar-refractivity contribution >= 4 is 24.0 Å². The van der Waals surface area contributed by atoms with Gasteiger partial charge in [-0.25, -0.2) is 0 Å². The van der Waals surface area contributed by atoms with Crippen molar-refractivity contribution in [3.8, 4) is 11.5 Å². The standard InChI is InChI=1S/C15H21N3O5.ClH/c1-3-23-14-8-12(18(20)21)11(7-13(14)22-2)15(19)17-6-4-5-10(16)9-17;/h7-8,10H,3-6,9,16H2,1-2H3;1H. The molecule has 9 heteroatoms. The van der Waals surface area contributed by atoms with Crippen LogP contribution in [0.3, 0.4) is 0 Å². The van der Waals surface area contributed by atoms with Crippen LogP contribution in [0.4, 0.5) is 5.69 Å². The summed E-state index contributed by atoms with van der Waals surface area (Å²) in [6.45, 7) is 3.03. The van der Waals surface area contributed by atoms with Gasteiger partial charge in [-0.05, 0) is 19.8 Å². The first-order valence-corrected chi connectivity index (χ1v) is 7.52. The number of hydrogen-bond donors (Lipinski definition) is 1. The number of nitro benzene ring substituents is 1. The Morgan fingerprint density at radius 2 is 2.17 bits per heavy atom. The number of nitro groups is 1. The van der Waals surface area contributed by atoms with Gasteiger partial charge < -0.3 is 20.1 Å². The summed E-state index contributed by atoms with van der Waals surface area (Å²) < 4.78 is 10.5. The van der Waals surface area contributed by atoms with E-state index in [1.807, 2.05) is 0 Å². The Bertz CT molecular complexity index is 611. The van der Waals surface area contributed by atoms with Gasteiger partial charge in [-0.1, -0.05) is 0 Å². The number of carbonyl (C=O) groups is 1. The van der Waals surface area contributed by atoms with E-state index in [0.29, 0.717) is 25.4 Å². The number of rotatable bonds is 5. The smallest absolute Gasteiger partial charge is 0.286 e. The summed E-state index contributed by atoms with van der Waals surface area (Å²) in [6, 6.07) is 2.50. The van der Waals surface area contributed by atoms with Crippen LogP contribution < -0.4 is 15.2 Å². The summed E-state index contributed by atoms with van der Waals surface area (Å²) in [7, 11) is 1.43. The van der Waals surface area contributed by atoms with Crippen LogP contribution in [0, 0.1) is 10.1 Å². The number of nitrogens with zero attached hydrogens (tertiary/aromatic N) is 2. The molecule has 1 heterocycles. The number of methoxy groups -OCH3 is 1. The number of amides is 1. The zero-order valence-electron chi connectivity index (χ0n) is 13.7. The van der Waals surface area contributed by atoms with Crippen LogP contribution in [0.1, 0.15) is 30.1 Å². The Labute approximate surface area is 146 Å². The molecule has 0 bridgehead atoms. The number of carbonyl (C=O) groups excluding carboxylic acids is 1. The summed E-state index contributed by atoms with van der Waals surface area (Å²) in [5.74, 6) is 0.129. The normalized spacial score (nSPS) is 17.0. The second-order valence-electron chi connectivity index (χ2n) is 5.36. The largest absolute Gasteiger partial charge is 0.493 e. The van der Waals surface area contributed by atoms with Gasteiger partial charge >= 0.3 is 0 Å². The van der Waals surface area contributed by atoms with Gasteiger partial charge in [-0.15, -0.1) is 12.4 Å². The molecular formula is C15H22ClN3O5. The maximum absolute atomic E-state index is 12.7. The van der Waals surface area contributed by atoms with Crippen LogP contribution in [0.15, 0.2) is 12.1 Å². The molecule has 1 amide bonds. The zero-order chi connectivity index (χ0) is 17.0. The van der Waals surface area contributed by atoms with Crippen LogP contribution in [-0.2, 0) is 0 Å². The molecule has 1 aromatic rings. The van der Waals surface area contributed by atoms with Gasteiger partial charge in [0.2, 0.25) is 0 Å². The van der Waals surface area contributed by atoms with E-state index in [0.717, 1.165) is 12.8 Å². The Morgan fingerprint density at radius 3 is 2.71 bits per heavy atom. The fourth-order valence-electron chi connectivity index (χ4n) is 2.66. The van der Waals surface area contributed by atoms with Crippen molar-refractivity contribution in [3.63, 3.8) is 0 Å². The monoisotopic (exact) mass is 359 g/mol. The van der Waals surface area contributed by atoms with Gasteiger partial charge in [0.05, 0.1) is 24.7 Å². The SMILES string of the molecule is CCOc1cc([N+](=O)[O-])c(C(=O)N2CCCC(N)C2)cc1OC.Cl. The highest BCUT2D eigenvalue weighted by Gasteiger charge is 2.30. The van der Waals surface area contributed by atoms with E-state index in [1.165, 1.54) is 19.2 Å². The quantitative estimate of drug-likeness (QED) is 0.636. The molecule has 1 unspecified atom stereocenters. The van der Waals surface area contributed by atoms with Gasteiger partial charge in [0.1, 0.15) is 5.56 Å². The number of likely N-dealkylation sites (tertiary alicyclic amines) is 1. The Balaban J connectivity index is 0.00000288. The molecule has 1 saturated heterocycles. The van der Waals surface area contributed by atoms with Crippen molar-refractivity contribution in [1.29, 1.82) is 0 Å². The molecule has 1 fully saturated rings. The van der Waals surface area contributed by atoms with Gasteiger partial charge in [-0.3, -0.25) is 14.9 Å². The van der Waals surface area contributed by atoms with E-state index in [-0.39, 0.29) is 35.4 Å². The lowest BCUT2D eigenvalue weighted by molar-refractivity contribution is -0.385. The van der Waals surface area contributed by atoms with Gasteiger partial charge in [0.15, 0.2) is 11.5 Å². The maximum Gasteiger partial charge on any atom is 0.286 e. The van der Waals surface area contributed by atoms with Gasteiger partial charge in [0, 0.05) is 25.2 Å². The molecule has 24 heavy (non-hydrogen) atoms. The van der Waals surface area contributed by atoms with Crippen LogP contribution in [0.2, 0.25) is 0 Å². The number of nitrogens with two attached hydrogens (primary N) is 1. The number of piperidine rings is 1. The maximum atomic E-state index is 12.7. The molecule has 0 saturated carbocycles. The predicted octanol–water partition coefficient (Wildman–Crippen LogP) is 1.99. The van der Waals surface area contributed by atoms with Gasteiger partial charge in [-0.2, -0.15) is 0 Å². The number of benzene rings is 1. The highest BCUT2D eigenvalue weighted by molar-refractivity contribution is 5.99. The Kier molecular flexibility index (Phi) is 7.24. The molecule has 2 rings (SSSR count). The number of hydrogen-bond acceptors (Lipinski definition) is 6. The molecule has 2 N–H and O–H groups in total. The zero-order valence-corrected chi connectivity index (χ0v) is 14.5. The third-order valence-electron chi connectivity index (χ3n) is 3.75.